The SMILES string of the molecule is NCc1cccc(COCc2cccs2)c1F. The molecule has 0 aliphatic carbocycles. The highest BCUT2D eigenvalue weighted by Crippen LogP contribution is 2.15. The Morgan fingerprint density at radius 2 is 1.94 bits per heavy atom. The zero-order valence-electron chi connectivity index (χ0n) is 9.36. The molecule has 0 fully saturated rings. The summed E-state index contributed by atoms with van der Waals surface area (Å²) in [7, 11) is 0. The minimum absolute atomic E-state index is 0.213. The van der Waals surface area contributed by atoms with E-state index in [2.05, 4.69) is 0 Å². The molecule has 1 aromatic carbocycles. The Balaban J connectivity index is 1.95. The summed E-state index contributed by atoms with van der Waals surface area (Å²) in [5, 5.41) is 1.99. The van der Waals surface area contributed by atoms with E-state index in [0.29, 0.717) is 17.7 Å². The van der Waals surface area contributed by atoms with Crippen LogP contribution in [0.1, 0.15) is 16.0 Å². The molecule has 0 unspecified atom stereocenters. The van der Waals surface area contributed by atoms with Crippen molar-refractivity contribution < 1.29 is 9.13 Å². The average molecular weight is 251 g/mol. The van der Waals surface area contributed by atoms with Gasteiger partial charge in [0.25, 0.3) is 0 Å². The maximum Gasteiger partial charge on any atom is 0.133 e. The highest BCUT2D eigenvalue weighted by molar-refractivity contribution is 7.09. The van der Waals surface area contributed by atoms with Crippen molar-refractivity contribution in [3.63, 3.8) is 0 Å². The fourth-order valence-electron chi connectivity index (χ4n) is 1.56. The standard InChI is InChI=1S/C13H14FNOS/c14-13-10(7-15)3-1-4-11(13)8-16-9-12-5-2-6-17-12/h1-6H,7-9,15H2. The first-order valence-corrected chi connectivity index (χ1v) is 6.25. The summed E-state index contributed by atoms with van der Waals surface area (Å²) in [4.78, 5) is 1.14. The van der Waals surface area contributed by atoms with E-state index in [9.17, 15) is 4.39 Å². The third-order valence-electron chi connectivity index (χ3n) is 2.46. The van der Waals surface area contributed by atoms with Gasteiger partial charge < -0.3 is 10.5 Å². The summed E-state index contributed by atoms with van der Waals surface area (Å²) >= 11 is 1.63. The number of ether oxygens (including phenoxy) is 1. The molecular formula is C13H14FNOS. The van der Waals surface area contributed by atoms with Gasteiger partial charge in [-0.25, -0.2) is 4.39 Å². The minimum Gasteiger partial charge on any atom is -0.371 e. The molecule has 2 nitrogen and oxygen atoms in total. The lowest BCUT2D eigenvalue weighted by Gasteiger charge is -2.07. The molecule has 2 rings (SSSR count). The maximum absolute atomic E-state index is 13.8. The van der Waals surface area contributed by atoms with E-state index >= 15 is 0 Å². The zero-order valence-corrected chi connectivity index (χ0v) is 10.2. The van der Waals surface area contributed by atoms with Crippen LogP contribution in [0.3, 0.4) is 0 Å². The smallest absolute Gasteiger partial charge is 0.133 e. The Hall–Kier alpha value is -1.23. The van der Waals surface area contributed by atoms with Crippen molar-refractivity contribution in [1.29, 1.82) is 0 Å². The molecule has 2 aromatic rings. The van der Waals surface area contributed by atoms with Gasteiger partial charge >= 0.3 is 0 Å². The van der Waals surface area contributed by atoms with Crippen molar-refractivity contribution >= 4 is 11.3 Å². The molecule has 0 saturated heterocycles. The molecule has 0 aliphatic heterocycles. The van der Waals surface area contributed by atoms with Crippen LogP contribution in [0.2, 0.25) is 0 Å². The summed E-state index contributed by atoms with van der Waals surface area (Å²) in [6, 6.07) is 9.19. The van der Waals surface area contributed by atoms with Crippen LogP contribution in [0.15, 0.2) is 35.7 Å². The molecule has 0 bridgehead atoms. The second-order valence-corrected chi connectivity index (χ2v) is 4.70. The van der Waals surface area contributed by atoms with Crippen molar-refractivity contribution in [3.8, 4) is 0 Å². The molecule has 1 aromatic heterocycles. The first kappa shape index (κ1) is 12.2. The number of thiophene rings is 1. The third kappa shape index (κ3) is 3.12. The lowest BCUT2D eigenvalue weighted by atomic mass is 10.1. The Morgan fingerprint density at radius 3 is 2.65 bits per heavy atom. The van der Waals surface area contributed by atoms with E-state index in [0.717, 1.165) is 4.88 Å². The summed E-state index contributed by atoms with van der Waals surface area (Å²) < 4.78 is 19.3. The van der Waals surface area contributed by atoms with Crippen molar-refractivity contribution in [2.75, 3.05) is 0 Å². The Morgan fingerprint density at radius 1 is 1.12 bits per heavy atom. The van der Waals surface area contributed by atoms with Gasteiger partial charge in [-0.3, -0.25) is 0 Å². The van der Waals surface area contributed by atoms with E-state index in [1.165, 1.54) is 0 Å². The van der Waals surface area contributed by atoms with E-state index in [-0.39, 0.29) is 19.0 Å². The molecule has 0 atom stereocenters. The van der Waals surface area contributed by atoms with E-state index < -0.39 is 0 Å². The van der Waals surface area contributed by atoms with Crippen molar-refractivity contribution in [1.82, 2.24) is 0 Å². The van der Waals surface area contributed by atoms with Gasteiger partial charge in [-0.2, -0.15) is 0 Å². The fraction of sp³-hybridized carbons (Fsp3) is 0.231. The Kier molecular flexibility index (Phi) is 4.25. The number of hydrogen-bond donors (Lipinski definition) is 1. The molecule has 0 saturated carbocycles. The number of benzene rings is 1. The van der Waals surface area contributed by atoms with Crippen molar-refractivity contribution in [3.05, 3.63) is 57.5 Å². The number of halogens is 1. The van der Waals surface area contributed by atoms with Gasteiger partial charge in [-0.15, -0.1) is 11.3 Å². The molecule has 0 radical (unpaired) electrons. The van der Waals surface area contributed by atoms with Gasteiger partial charge in [0.1, 0.15) is 5.82 Å². The molecule has 4 heteroatoms. The van der Waals surface area contributed by atoms with Gasteiger partial charge in [0.15, 0.2) is 0 Å². The van der Waals surface area contributed by atoms with Gasteiger partial charge in [-0.1, -0.05) is 24.3 Å². The number of nitrogens with two attached hydrogens (primary N) is 1. The molecule has 0 amide bonds. The van der Waals surface area contributed by atoms with Gasteiger partial charge in [0, 0.05) is 22.5 Å². The second kappa shape index (κ2) is 5.91. The van der Waals surface area contributed by atoms with Gasteiger partial charge in [0.05, 0.1) is 13.2 Å². The minimum atomic E-state index is -0.249. The molecule has 0 spiro atoms. The number of rotatable bonds is 5. The van der Waals surface area contributed by atoms with Crippen LogP contribution in [-0.2, 0) is 24.5 Å². The largest absolute Gasteiger partial charge is 0.371 e. The highest BCUT2D eigenvalue weighted by atomic mass is 32.1. The van der Waals surface area contributed by atoms with Crippen LogP contribution in [0.5, 0.6) is 0 Å². The van der Waals surface area contributed by atoms with E-state index in [4.69, 9.17) is 10.5 Å². The first-order chi connectivity index (χ1) is 8.31. The lowest BCUT2D eigenvalue weighted by Crippen LogP contribution is -2.03. The predicted octanol–water partition coefficient (Wildman–Crippen LogP) is 3.06. The average Bonchev–Trinajstić information content (AvgIpc) is 2.84. The molecule has 2 N–H and O–H groups in total. The molecular weight excluding hydrogens is 237 g/mol. The van der Waals surface area contributed by atoms with Gasteiger partial charge in [0.2, 0.25) is 0 Å². The van der Waals surface area contributed by atoms with Crippen LogP contribution in [0.25, 0.3) is 0 Å². The summed E-state index contributed by atoms with van der Waals surface area (Å²) in [5.41, 5.74) is 6.54. The highest BCUT2D eigenvalue weighted by Gasteiger charge is 2.06. The summed E-state index contributed by atoms with van der Waals surface area (Å²) in [6.07, 6.45) is 0. The quantitative estimate of drug-likeness (QED) is 0.886. The zero-order chi connectivity index (χ0) is 12.1. The topological polar surface area (TPSA) is 35.2 Å². The normalized spacial score (nSPS) is 10.7. The van der Waals surface area contributed by atoms with Crippen LogP contribution in [-0.4, -0.2) is 0 Å². The molecule has 90 valence electrons. The summed E-state index contributed by atoms with van der Waals surface area (Å²) in [5.74, 6) is -0.249. The monoisotopic (exact) mass is 251 g/mol. The Labute approximate surface area is 104 Å². The van der Waals surface area contributed by atoms with Crippen molar-refractivity contribution in [2.24, 2.45) is 5.73 Å². The van der Waals surface area contributed by atoms with Gasteiger partial charge in [-0.05, 0) is 11.4 Å². The van der Waals surface area contributed by atoms with Crippen LogP contribution >= 0.6 is 11.3 Å². The predicted molar refractivity (Wildman–Crippen MR) is 67.1 cm³/mol. The van der Waals surface area contributed by atoms with Crippen LogP contribution < -0.4 is 5.73 Å². The van der Waals surface area contributed by atoms with E-state index in [1.54, 1.807) is 29.5 Å². The fourth-order valence-corrected chi connectivity index (χ4v) is 2.20. The molecule has 0 aliphatic rings. The summed E-state index contributed by atoms with van der Waals surface area (Å²) in [6.45, 7) is 1.01. The molecule has 1 heterocycles. The third-order valence-corrected chi connectivity index (χ3v) is 3.31. The molecule has 17 heavy (non-hydrogen) atoms. The number of hydrogen-bond acceptors (Lipinski definition) is 3. The lowest BCUT2D eigenvalue weighted by molar-refractivity contribution is 0.107. The van der Waals surface area contributed by atoms with Crippen molar-refractivity contribution in [2.45, 2.75) is 19.8 Å². The first-order valence-electron chi connectivity index (χ1n) is 5.37. The van der Waals surface area contributed by atoms with Crippen LogP contribution in [0.4, 0.5) is 4.39 Å². The Bertz CT molecular complexity index is 470. The van der Waals surface area contributed by atoms with Crippen LogP contribution in [0, 0.1) is 5.82 Å². The van der Waals surface area contributed by atoms with E-state index in [1.807, 2.05) is 17.5 Å². The maximum atomic E-state index is 13.8. The second-order valence-electron chi connectivity index (χ2n) is 3.67.